The molecule has 14 heavy (non-hydrogen) atoms. The summed E-state index contributed by atoms with van der Waals surface area (Å²) in [6.45, 7) is 8.52. The van der Waals surface area contributed by atoms with E-state index in [-0.39, 0.29) is 6.10 Å². The monoisotopic (exact) mass is 190 g/mol. The summed E-state index contributed by atoms with van der Waals surface area (Å²) < 4.78 is 5.54. The van der Waals surface area contributed by atoms with Crippen molar-refractivity contribution >= 4 is 0 Å². The highest BCUT2D eigenvalue weighted by Gasteiger charge is 1.97. The molecule has 0 saturated carbocycles. The minimum Gasteiger partial charge on any atom is -0.374 e. The predicted molar refractivity (Wildman–Crippen MR) is 60.3 cm³/mol. The Labute approximate surface area is 86.4 Å². The summed E-state index contributed by atoms with van der Waals surface area (Å²) in [6.07, 6.45) is 3.14. The highest BCUT2D eigenvalue weighted by molar-refractivity contribution is 5.24. The third kappa shape index (κ3) is 3.75. The van der Waals surface area contributed by atoms with Crippen molar-refractivity contribution in [3.05, 3.63) is 48.0 Å². The van der Waals surface area contributed by atoms with Crippen molar-refractivity contribution < 1.29 is 4.74 Å². The van der Waals surface area contributed by atoms with Crippen LogP contribution >= 0.6 is 0 Å². The molecule has 0 atom stereocenters. The van der Waals surface area contributed by atoms with Gasteiger partial charge in [-0.05, 0) is 31.4 Å². The first-order chi connectivity index (χ1) is 6.72. The number of allylic oxidation sites excluding steroid dienone is 1. The fourth-order valence-corrected chi connectivity index (χ4v) is 1.28. The van der Waals surface area contributed by atoms with E-state index in [0.29, 0.717) is 6.61 Å². The minimum absolute atomic E-state index is 0.290. The van der Waals surface area contributed by atoms with Gasteiger partial charge in [0.1, 0.15) is 0 Å². The van der Waals surface area contributed by atoms with Crippen molar-refractivity contribution in [2.75, 3.05) is 0 Å². The summed E-state index contributed by atoms with van der Waals surface area (Å²) in [4.78, 5) is 0. The van der Waals surface area contributed by atoms with Crippen LogP contribution in [0.5, 0.6) is 0 Å². The van der Waals surface area contributed by atoms with Gasteiger partial charge in [0.2, 0.25) is 0 Å². The molecule has 0 amide bonds. The summed E-state index contributed by atoms with van der Waals surface area (Å²) in [6, 6.07) is 8.44. The van der Waals surface area contributed by atoms with Crippen molar-refractivity contribution in [2.45, 2.75) is 33.0 Å². The molecule has 1 nitrogen and oxygen atoms in total. The molecule has 0 saturated heterocycles. The maximum Gasteiger partial charge on any atom is 0.0720 e. The van der Waals surface area contributed by atoms with E-state index >= 15 is 0 Å². The van der Waals surface area contributed by atoms with Crippen molar-refractivity contribution in [3.8, 4) is 0 Å². The van der Waals surface area contributed by atoms with Crippen LogP contribution in [0.4, 0.5) is 0 Å². The maximum absolute atomic E-state index is 5.54. The van der Waals surface area contributed by atoms with Crippen LogP contribution in [-0.4, -0.2) is 6.10 Å². The van der Waals surface area contributed by atoms with Crippen molar-refractivity contribution in [3.63, 3.8) is 0 Å². The molecule has 0 bridgehead atoms. The molecular formula is C13H18O. The molecule has 1 heteroatoms. The van der Waals surface area contributed by atoms with Crippen molar-refractivity contribution in [1.82, 2.24) is 0 Å². The molecule has 0 spiro atoms. The van der Waals surface area contributed by atoms with Gasteiger partial charge in [0.05, 0.1) is 12.7 Å². The first kappa shape index (κ1) is 11.0. The van der Waals surface area contributed by atoms with E-state index in [1.165, 1.54) is 11.1 Å². The van der Waals surface area contributed by atoms with E-state index in [2.05, 4.69) is 30.8 Å². The third-order valence-corrected chi connectivity index (χ3v) is 1.95. The Kier molecular flexibility index (Phi) is 4.41. The number of rotatable bonds is 5. The van der Waals surface area contributed by atoms with Crippen LogP contribution in [0.3, 0.4) is 0 Å². The number of benzene rings is 1. The normalized spacial score (nSPS) is 10.5. The third-order valence-electron chi connectivity index (χ3n) is 1.95. The Morgan fingerprint density at radius 2 is 2.07 bits per heavy atom. The summed E-state index contributed by atoms with van der Waals surface area (Å²) in [5.41, 5.74) is 2.53. The van der Waals surface area contributed by atoms with E-state index in [0.717, 1.165) is 6.42 Å². The molecule has 0 aliphatic rings. The molecule has 0 aliphatic heterocycles. The highest BCUT2D eigenvalue weighted by Crippen LogP contribution is 2.08. The lowest BCUT2D eigenvalue weighted by Gasteiger charge is -2.08. The molecular weight excluding hydrogens is 172 g/mol. The van der Waals surface area contributed by atoms with Gasteiger partial charge >= 0.3 is 0 Å². The second kappa shape index (κ2) is 5.61. The van der Waals surface area contributed by atoms with E-state index in [1.807, 2.05) is 19.9 Å². The molecule has 1 rings (SSSR count). The quantitative estimate of drug-likeness (QED) is 0.647. The summed E-state index contributed by atoms with van der Waals surface area (Å²) >= 11 is 0. The molecule has 0 aromatic heterocycles. The van der Waals surface area contributed by atoms with Gasteiger partial charge in [-0.3, -0.25) is 0 Å². The van der Waals surface area contributed by atoms with E-state index in [1.54, 1.807) is 0 Å². The van der Waals surface area contributed by atoms with Crippen LogP contribution in [0, 0.1) is 0 Å². The Bertz CT molecular complexity index is 289. The smallest absolute Gasteiger partial charge is 0.0720 e. The lowest BCUT2D eigenvalue weighted by atomic mass is 10.1. The zero-order valence-electron chi connectivity index (χ0n) is 8.99. The zero-order valence-corrected chi connectivity index (χ0v) is 8.99. The summed E-state index contributed by atoms with van der Waals surface area (Å²) in [7, 11) is 0. The van der Waals surface area contributed by atoms with E-state index in [9.17, 15) is 0 Å². The van der Waals surface area contributed by atoms with Crippen LogP contribution < -0.4 is 0 Å². The van der Waals surface area contributed by atoms with E-state index in [4.69, 9.17) is 4.74 Å². The molecule has 0 radical (unpaired) electrons. The Morgan fingerprint density at radius 1 is 1.36 bits per heavy atom. The summed E-state index contributed by atoms with van der Waals surface area (Å²) in [5.74, 6) is 0. The second-order valence-corrected chi connectivity index (χ2v) is 3.67. The predicted octanol–water partition coefficient (Wildman–Crippen LogP) is 3.34. The SMILES string of the molecule is C=CCc1cccc(COC(C)C)c1. The Balaban J connectivity index is 2.58. The molecule has 1 aromatic rings. The van der Waals surface area contributed by atoms with Crippen LogP contribution in [0.25, 0.3) is 0 Å². The van der Waals surface area contributed by atoms with Gasteiger partial charge in [0, 0.05) is 0 Å². The fraction of sp³-hybridized carbons (Fsp3) is 0.385. The van der Waals surface area contributed by atoms with Crippen LogP contribution in [0.1, 0.15) is 25.0 Å². The standard InChI is InChI=1S/C13H18O/c1-4-6-12-7-5-8-13(9-12)10-14-11(2)3/h4-5,7-9,11H,1,6,10H2,2-3H3. The number of ether oxygens (including phenoxy) is 1. The van der Waals surface area contributed by atoms with Gasteiger partial charge in [-0.1, -0.05) is 30.3 Å². The van der Waals surface area contributed by atoms with Crippen molar-refractivity contribution in [1.29, 1.82) is 0 Å². The Morgan fingerprint density at radius 3 is 2.71 bits per heavy atom. The van der Waals surface area contributed by atoms with Crippen LogP contribution in [-0.2, 0) is 17.8 Å². The van der Waals surface area contributed by atoms with Gasteiger partial charge in [0.25, 0.3) is 0 Å². The first-order valence-corrected chi connectivity index (χ1v) is 5.02. The van der Waals surface area contributed by atoms with Gasteiger partial charge < -0.3 is 4.74 Å². The number of hydrogen-bond donors (Lipinski definition) is 0. The minimum atomic E-state index is 0.290. The zero-order chi connectivity index (χ0) is 10.4. The molecule has 1 aromatic carbocycles. The molecule has 0 aliphatic carbocycles. The molecule has 0 fully saturated rings. The fourth-order valence-electron chi connectivity index (χ4n) is 1.28. The summed E-state index contributed by atoms with van der Waals surface area (Å²) in [5, 5.41) is 0. The first-order valence-electron chi connectivity index (χ1n) is 5.02. The lowest BCUT2D eigenvalue weighted by Crippen LogP contribution is -2.02. The van der Waals surface area contributed by atoms with Crippen LogP contribution in [0.15, 0.2) is 36.9 Å². The molecule has 76 valence electrons. The van der Waals surface area contributed by atoms with Gasteiger partial charge in [-0.2, -0.15) is 0 Å². The van der Waals surface area contributed by atoms with Gasteiger partial charge in [-0.15, -0.1) is 6.58 Å². The highest BCUT2D eigenvalue weighted by atomic mass is 16.5. The van der Waals surface area contributed by atoms with Gasteiger partial charge in [-0.25, -0.2) is 0 Å². The van der Waals surface area contributed by atoms with E-state index < -0.39 is 0 Å². The Hall–Kier alpha value is -1.08. The molecule has 0 heterocycles. The van der Waals surface area contributed by atoms with Crippen LogP contribution in [0.2, 0.25) is 0 Å². The van der Waals surface area contributed by atoms with Crippen molar-refractivity contribution in [2.24, 2.45) is 0 Å². The lowest BCUT2D eigenvalue weighted by molar-refractivity contribution is 0.0657. The average molecular weight is 190 g/mol. The maximum atomic E-state index is 5.54. The largest absolute Gasteiger partial charge is 0.374 e. The van der Waals surface area contributed by atoms with Gasteiger partial charge in [0.15, 0.2) is 0 Å². The molecule has 0 unspecified atom stereocenters. The average Bonchev–Trinajstić information content (AvgIpc) is 2.16. The topological polar surface area (TPSA) is 9.23 Å². The number of hydrogen-bond acceptors (Lipinski definition) is 1. The molecule has 0 N–H and O–H groups in total. The second-order valence-electron chi connectivity index (χ2n) is 3.67.